The molecule has 0 aliphatic rings. The van der Waals surface area contributed by atoms with E-state index in [-0.39, 0.29) is 0 Å². The molecule has 3 nitrogen and oxygen atoms in total. The second-order valence-corrected chi connectivity index (χ2v) is 3.54. The van der Waals surface area contributed by atoms with Gasteiger partial charge in [-0.25, -0.2) is 4.79 Å². The quantitative estimate of drug-likeness (QED) is 0.372. The summed E-state index contributed by atoms with van der Waals surface area (Å²) in [6, 6.07) is 7.52. The minimum atomic E-state index is -0.434. The van der Waals surface area contributed by atoms with E-state index in [4.69, 9.17) is 4.74 Å². The molecule has 0 heterocycles. The lowest BCUT2D eigenvalue weighted by atomic mass is 10.3. The van der Waals surface area contributed by atoms with E-state index in [9.17, 15) is 4.79 Å². The Morgan fingerprint density at radius 1 is 1.43 bits per heavy atom. The van der Waals surface area contributed by atoms with Gasteiger partial charge < -0.3 is 9.47 Å². The molecule has 0 saturated carbocycles. The highest BCUT2D eigenvalue weighted by Crippen LogP contribution is 2.19. The van der Waals surface area contributed by atoms with Gasteiger partial charge in [-0.15, -0.1) is 0 Å². The highest BCUT2D eigenvalue weighted by Gasteiger charge is 1.96. The summed E-state index contributed by atoms with van der Waals surface area (Å²) in [7, 11) is 1.32. The van der Waals surface area contributed by atoms with Crippen molar-refractivity contribution in [2.75, 3.05) is 7.11 Å². The predicted octanol–water partition coefficient (Wildman–Crippen LogP) is 2.36. The smallest absolute Gasteiger partial charge is 0.333 e. The zero-order valence-electron chi connectivity index (χ0n) is 7.57. The molecule has 0 fully saturated rings. The molecule has 0 N–H and O–H groups in total. The van der Waals surface area contributed by atoms with Crippen LogP contribution in [0.25, 0.3) is 0 Å². The number of rotatable bonds is 3. The van der Waals surface area contributed by atoms with Crippen LogP contribution in [0.5, 0.6) is 5.75 Å². The fourth-order valence-electron chi connectivity index (χ4n) is 0.771. The Bertz CT molecular complexity index is 347. The van der Waals surface area contributed by atoms with Crippen LogP contribution in [0, 0.1) is 3.57 Å². The number of carbonyl (C=O) groups excluding carboxylic acids is 1. The third-order valence-corrected chi connectivity index (χ3v) is 2.33. The fraction of sp³-hybridized carbons (Fsp3) is 0.100. The molecule has 1 aromatic rings. The first-order valence-electron chi connectivity index (χ1n) is 3.89. The van der Waals surface area contributed by atoms with Crippen LogP contribution in [0.3, 0.4) is 0 Å². The highest BCUT2D eigenvalue weighted by molar-refractivity contribution is 14.1. The summed E-state index contributed by atoms with van der Waals surface area (Å²) >= 11 is 2.15. The van der Waals surface area contributed by atoms with Crippen LogP contribution in [0.4, 0.5) is 0 Å². The van der Waals surface area contributed by atoms with Gasteiger partial charge in [-0.1, -0.05) is 12.1 Å². The number of para-hydroxylation sites is 1. The maximum atomic E-state index is 10.7. The minimum Gasteiger partial charge on any atom is -0.466 e. The van der Waals surface area contributed by atoms with Gasteiger partial charge >= 0.3 is 5.97 Å². The maximum absolute atomic E-state index is 10.7. The summed E-state index contributed by atoms with van der Waals surface area (Å²) in [6.07, 6.45) is 2.53. The van der Waals surface area contributed by atoms with Crippen molar-refractivity contribution in [3.8, 4) is 5.75 Å². The van der Waals surface area contributed by atoms with Crippen LogP contribution < -0.4 is 4.74 Å². The van der Waals surface area contributed by atoms with Crippen LogP contribution in [0.1, 0.15) is 0 Å². The molecule has 4 heteroatoms. The van der Waals surface area contributed by atoms with Gasteiger partial charge in [0.15, 0.2) is 0 Å². The number of hydrogen-bond acceptors (Lipinski definition) is 3. The normalized spacial score (nSPS) is 10.1. The lowest BCUT2D eigenvalue weighted by Crippen LogP contribution is -1.95. The van der Waals surface area contributed by atoms with E-state index < -0.39 is 5.97 Å². The average molecular weight is 304 g/mol. The van der Waals surface area contributed by atoms with E-state index in [1.54, 1.807) is 0 Å². The van der Waals surface area contributed by atoms with E-state index in [1.807, 2.05) is 24.3 Å². The monoisotopic (exact) mass is 304 g/mol. The molecule has 74 valence electrons. The molecule has 0 bridgehead atoms. The third-order valence-electron chi connectivity index (χ3n) is 1.44. The van der Waals surface area contributed by atoms with Gasteiger partial charge in [-0.3, -0.25) is 0 Å². The SMILES string of the molecule is COC(=O)/C=C/Oc1ccccc1I. The molecular formula is C10H9IO3. The molecule has 0 radical (unpaired) electrons. The van der Waals surface area contributed by atoms with Crippen LogP contribution in [-0.4, -0.2) is 13.1 Å². The molecule has 0 atom stereocenters. The number of benzene rings is 1. The van der Waals surface area contributed by atoms with E-state index >= 15 is 0 Å². The molecule has 1 rings (SSSR count). The summed E-state index contributed by atoms with van der Waals surface area (Å²) in [5.41, 5.74) is 0. The van der Waals surface area contributed by atoms with E-state index in [0.29, 0.717) is 5.75 Å². The Morgan fingerprint density at radius 3 is 2.79 bits per heavy atom. The van der Waals surface area contributed by atoms with E-state index in [1.165, 1.54) is 19.4 Å². The van der Waals surface area contributed by atoms with Gasteiger partial charge in [0.2, 0.25) is 0 Å². The zero-order chi connectivity index (χ0) is 10.4. The Labute approximate surface area is 95.9 Å². The Morgan fingerprint density at radius 2 is 2.14 bits per heavy atom. The van der Waals surface area contributed by atoms with Crippen molar-refractivity contribution in [3.63, 3.8) is 0 Å². The van der Waals surface area contributed by atoms with Crippen molar-refractivity contribution in [2.45, 2.75) is 0 Å². The summed E-state index contributed by atoms with van der Waals surface area (Å²) < 4.78 is 10.6. The largest absolute Gasteiger partial charge is 0.466 e. The van der Waals surface area contributed by atoms with E-state index in [0.717, 1.165) is 3.57 Å². The van der Waals surface area contributed by atoms with Crippen LogP contribution in [0.2, 0.25) is 0 Å². The molecule has 1 aromatic carbocycles. The Balaban J connectivity index is 2.58. The van der Waals surface area contributed by atoms with Crippen molar-refractivity contribution >= 4 is 28.6 Å². The molecule has 0 aliphatic heterocycles. The number of hydrogen-bond donors (Lipinski definition) is 0. The molecule has 0 spiro atoms. The molecule has 14 heavy (non-hydrogen) atoms. The minimum absolute atomic E-state index is 0.434. The standard InChI is InChI=1S/C10H9IO3/c1-13-10(12)6-7-14-9-5-3-2-4-8(9)11/h2-7H,1H3/b7-6+. The molecule has 0 aliphatic carbocycles. The number of methoxy groups -OCH3 is 1. The van der Waals surface area contributed by atoms with Crippen LogP contribution in [0.15, 0.2) is 36.6 Å². The first kappa shape index (κ1) is 11.0. The Hall–Kier alpha value is -1.04. The van der Waals surface area contributed by atoms with Gasteiger partial charge in [0.1, 0.15) is 5.75 Å². The number of esters is 1. The maximum Gasteiger partial charge on any atom is 0.333 e. The van der Waals surface area contributed by atoms with Crippen molar-refractivity contribution in [2.24, 2.45) is 0 Å². The number of halogens is 1. The van der Waals surface area contributed by atoms with Crippen LogP contribution in [-0.2, 0) is 9.53 Å². The topological polar surface area (TPSA) is 35.5 Å². The molecular weight excluding hydrogens is 295 g/mol. The molecule has 0 unspecified atom stereocenters. The summed E-state index contributed by atoms with van der Waals surface area (Å²) in [4.78, 5) is 10.7. The second kappa shape index (κ2) is 5.64. The van der Waals surface area contributed by atoms with Gasteiger partial charge in [-0.05, 0) is 34.7 Å². The van der Waals surface area contributed by atoms with Gasteiger partial charge in [0.25, 0.3) is 0 Å². The summed E-state index contributed by atoms with van der Waals surface area (Å²) in [5.74, 6) is 0.282. The summed E-state index contributed by atoms with van der Waals surface area (Å²) in [6.45, 7) is 0. The lowest BCUT2D eigenvalue weighted by molar-refractivity contribution is -0.134. The first-order valence-corrected chi connectivity index (χ1v) is 4.97. The predicted molar refractivity (Wildman–Crippen MR) is 60.9 cm³/mol. The lowest BCUT2D eigenvalue weighted by Gasteiger charge is -2.01. The average Bonchev–Trinajstić information content (AvgIpc) is 2.20. The van der Waals surface area contributed by atoms with Crippen molar-refractivity contribution < 1.29 is 14.3 Å². The van der Waals surface area contributed by atoms with Crippen LogP contribution >= 0.6 is 22.6 Å². The van der Waals surface area contributed by atoms with Gasteiger partial charge in [0, 0.05) is 0 Å². The second-order valence-electron chi connectivity index (χ2n) is 2.37. The van der Waals surface area contributed by atoms with Crippen molar-refractivity contribution in [3.05, 3.63) is 40.2 Å². The first-order chi connectivity index (χ1) is 6.74. The molecule has 0 saturated heterocycles. The molecule has 0 aromatic heterocycles. The van der Waals surface area contributed by atoms with Crippen molar-refractivity contribution in [1.29, 1.82) is 0 Å². The fourth-order valence-corrected chi connectivity index (χ4v) is 1.29. The third kappa shape index (κ3) is 3.37. The molecule has 0 amide bonds. The Kier molecular flexibility index (Phi) is 4.45. The van der Waals surface area contributed by atoms with Gasteiger partial charge in [0.05, 0.1) is 23.0 Å². The number of ether oxygens (including phenoxy) is 2. The zero-order valence-corrected chi connectivity index (χ0v) is 9.72. The highest BCUT2D eigenvalue weighted by atomic mass is 127. The van der Waals surface area contributed by atoms with Crippen molar-refractivity contribution in [1.82, 2.24) is 0 Å². The number of carbonyl (C=O) groups is 1. The van der Waals surface area contributed by atoms with E-state index in [2.05, 4.69) is 27.3 Å². The van der Waals surface area contributed by atoms with Gasteiger partial charge in [-0.2, -0.15) is 0 Å². The summed E-state index contributed by atoms with van der Waals surface area (Å²) in [5, 5.41) is 0.